The first kappa shape index (κ1) is 20.5. The second kappa shape index (κ2) is 8.28. The van der Waals surface area contributed by atoms with Crippen LogP contribution in [-0.2, 0) is 16.6 Å². The fourth-order valence-corrected chi connectivity index (χ4v) is 3.56. The topological polar surface area (TPSA) is 117 Å². The second-order valence-corrected chi connectivity index (χ2v) is 8.17. The molecule has 1 aromatic heterocycles. The van der Waals surface area contributed by atoms with Gasteiger partial charge >= 0.3 is 5.97 Å². The van der Waals surface area contributed by atoms with Crippen molar-refractivity contribution in [2.45, 2.75) is 31.3 Å². The first-order chi connectivity index (χ1) is 12.6. The number of sulfonamides is 1. The molecule has 0 aliphatic rings. The molecule has 0 fully saturated rings. The van der Waals surface area contributed by atoms with Gasteiger partial charge in [0, 0.05) is 31.4 Å². The maximum atomic E-state index is 12.4. The van der Waals surface area contributed by atoms with Crippen LogP contribution in [0.4, 0.5) is 0 Å². The van der Waals surface area contributed by atoms with Crippen LogP contribution < -0.4 is 5.32 Å². The van der Waals surface area contributed by atoms with Crippen molar-refractivity contribution in [2.24, 2.45) is 0 Å². The largest absolute Gasteiger partial charge is 0.477 e. The Balaban J connectivity index is 2.06. The van der Waals surface area contributed by atoms with E-state index in [0.717, 1.165) is 0 Å². The third-order valence-electron chi connectivity index (χ3n) is 4.02. The van der Waals surface area contributed by atoms with Crippen molar-refractivity contribution in [2.75, 3.05) is 7.05 Å². The van der Waals surface area contributed by atoms with Crippen LogP contribution >= 0.6 is 0 Å². The van der Waals surface area contributed by atoms with Gasteiger partial charge in [-0.05, 0) is 43.7 Å². The molecular formula is C18H21N3O5S. The highest BCUT2D eigenvalue weighted by atomic mass is 32.2. The van der Waals surface area contributed by atoms with Crippen LogP contribution in [0.1, 0.15) is 40.3 Å². The van der Waals surface area contributed by atoms with Crippen LogP contribution in [0.25, 0.3) is 0 Å². The van der Waals surface area contributed by atoms with Gasteiger partial charge < -0.3 is 10.4 Å². The van der Waals surface area contributed by atoms with E-state index in [-0.39, 0.29) is 28.7 Å². The molecule has 27 heavy (non-hydrogen) atoms. The summed E-state index contributed by atoms with van der Waals surface area (Å²) >= 11 is 0. The SMILES string of the molecule is CC(C)N(C)S(=O)(=O)c1ccc(CNC(=O)c2ccnc(C(=O)O)c2)cc1. The number of amides is 1. The minimum Gasteiger partial charge on any atom is -0.477 e. The maximum Gasteiger partial charge on any atom is 0.354 e. The summed E-state index contributed by atoms with van der Waals surface area (Å²) < 4.78 is 26.1. The molecule has 0 atom stereocenters. The van der Waals surface area contributed by atoms with Crippen LogP contribution in [-0.4, -0.2) is 47.8 Å². The van der Waals surface area contributed by atoms with Gasteiger partial charge in [-0.1, -0.05) is 12.1 Å². The minimum absolute atomic E-state index is 0.162. The van der Waals surface area contributed by atoms with Gasteiger partial charge in [-0.15, -0.1) is 0 Å². The lowest BCUT2D eigenvalue weighted by Crippen LogP contribution is -2.33. The van der Waals surface area contributed by atoms with Crippen molar-refractivity contribution in [3.63, 3.8) is 0 Å². The molecule has 0 aliphatic heterocycles. The summed E-state index contributed by atoms with van der Waals surface area (Å²) in [5.41, 5.74) is 0.675. The van der Waals surface area contributed by atoms with Gasteiger partial charge in [0.25, 0.3) is 5.91 Å². The highest BCUT2D eigenvalue weighted by Gasteiger charge is 2.22. The average Bonchev–Trinajstić information content (AvgIpc) is 2.65. The van der Waals surface area contributed by atoms with Gasteiger partial charge in [0.2, 0.25) is 10.0 Å². The number of hydrogen-bond acceptors (Lipinski definition) is 5. The molecule has 0 spiro atoms. The number of rotatable bonds is 7. The zero-order chi connectivity index (χ0) is 20.2. The van der Waals surface area contributed by atoms with Crippen molar-refractivity contribution < 1.29 is 23.1 Å². The van der Waals surface area contributed by atoms with E-state index in [2.05, 4.69) is 10.3 Å². The molecule has 1 heterocycles. The molecule has 2 N–H and O–H groups in total. The van der Waals surface area contributed by atoms with Crippen LogP contribution in [0, 0.1) is 0 Å². The molecule has 2 rings (SSSR count). The van der Waals surface area contributed by atoms with E-state index in [0.29, 0.717) is 5.56 Å². The molecule has 9 heteroatoms. The van der Waals surface area contributed by atoms with Crippen molar-refractivity contribution >= 4 is 21.9 Å². The number of aromatic nitrogens is 1. The Morgan fingerprint density at radius 3 is 2.37 bits per heavy atom. The first-order valence-electron chi connectivity index (χ1n) is 8.17. The Kier molecular flexibility index (Phi) is 6.29. The molecule has 0 unspecified atom stereocenters. The third-order valence-corrected chi connectivity index (χ3v) is 6.07. The smallest absolute Gasteiger partial charge is 0.354 e. The number of carbonyl (C=O) groups is 2. The van der Waals surface area contributed by atoms with Crippen molar-refractivity contribution in [1.29, 1.82) is 0 Å². The number of nitrogens with zero attached hydrogens (tertiary/aromatic N) is 2. The monoisotopic (exact) mass is 391 g/mol. The third kappa shape index (κ3) is 4.89. The van der Waals surface area contributed by atoms with E-state index in [4.69, 9.17) is 5.11 Å². The number of nitrogens with one attached hydrogen (secondary N) is 1. The predicted octanol–water partition coefficient (Wildman–Crippen LogP) is 1.74. The van der Waals surface area contributed by atoms with Crippen LogP contribution in [0.15, 0.2) is 47.5 Å². The van der Waals surface area contributed by atoms with Gasteiger partial charge in [-0.25, -0.2) is 18.2 Å². The first-order valence-corrected chi connectivity index (χ1v) is 9.61. The Hall–Kier alpha value is -2.78. The summed E-state index contributed by atoms with van der Waals surface area (Å²) in [6.07, 6.45) is 1.25. The Morgan fingerprint density at radius 1 is 1.19 bits per heavy atom. The van der Waals surface area contributed by atoms with Crippen LogP contribution in [0.5, 0.6) is 0 Å². The number of carboxylic acids is 1. The number of carboxylic acid groups (broad SMARTS) is 1. The molecule has 0 saturated heterocycles. The highest BCUT2D eigenvalue weighted by molar-refractivity contribution is 7.89. The molecule has 0 aliphatic carbocycles. The molecular weight excluding hydrogens is 370 g/mol. The summed E-state index contributed by atoms with van der Waals surface area (Å²) in [6.45, 7) is 3.75. The van der Waals surface area contributed by atoms with E-state index in [9.17, 15) is 18.0 Å². The van der Waals surface area contributed by atoms with E-state index in [1.165, 1.54) is 41.8 Å². The molecule has 1 aromatic carbocycles. The second-order valence-electron chi connectivity index (χ2n) is 6.18. The number of pyridine rings is 1. The van der Waals surface area contributed by atoms with Crippen LogP contribution in [0.3, 0.4) is 0 Å². The summed E-state index contributed by atoms with van der Waals surface area (Å²) in [5, 5.41) is 11.6. The zero-order valence-electron chi connectivity index (χ0n) is 15.2. The molecule has 1 amide bonds. The fourth-order valence-electron chi connectivity index (χ4n) is 2.20. The predicted molar refractivity (Wildman–Crippen MR) is 98.9 cm³/mol. The van der Waals surface area contributed by atoms with E-state index in [1.807, 2.05) is 0 Å². The minimum atomic E-state index is -3.56. The standard InChI is InChI=1S/C18H21N3O5S/c1-12(2)21(3)27(25,26)15-6-4-13(5-7-15)11-20-17(22)14-8-9-19-16(10-14)18(23)24/h4-10,12H,11H2,1-3H3,(H,20,22)(H,23,24). The van der Waals surface area contributed by atoms with E-state index < -0.39 is 21.9 Å². The molecule has 0 bridgehead atoms. The molecule has 144 valence electrons. The summed E-state index contributed by atoms with van der Waals surface area (Å²) in [5.74, 6) is -1.66. The van der Waals surface area contributed by atoms with Crippen LogP contribution in [0.2, 0.25) is 0 Å². The van der Waals surface area contributed by atoms with E-state index >= 15 is 0 Å². The molecule has 0 saturated carbocycles. The van der Waals surface area contributed by atoms with Crippen molar-refractivity contribution in [1.82, 2.24) is 14.6 Å². The number of hydrogen-bond donors (Lipinski definition) is 2. The van der Waals surface area contributed by atoms with Gasteiger partial charge in [0.1, 0.15) is 5.69 Å². The maximum absolute atomic E-state index is 12.4. The summed E-state index contributed by atoms with van der Waals surface area (Å²) in [7, 11) is -2.04. The lowest BCUT2D eigenvalue weighted by atomic mass is 10.2. The van der Waals surface area contributed by atoms with Gasteiger partial charge in [-0.2, -0.15) is 4.31 Å². The summed E-state index contributed by atoms with van der Waals surface area (Å²) in [4.78, 5) is 26.9. The van der Waals surface area contributed by atoms with E-state index in [1.54, 1.807) is 26.0 Å². The Bertz CT molecular complexity index is 940. The van der Waals surface area contributed by atoms with Gasteiger partial charge in [0.05, 0.1) is 4.90 Å². The van der Waals surface area contributed by atoms with Gasteiger partial charge in [0.15, 0.2) is 0 Å². The Labute approximate surface area is 157 Å². The van der Waals surface area contributed by atoms with Gasteiger partial charge in [-0.3, -0.25) is 4.79 Å². The lowest BCUT2D eigenvalue weighted by molar-refractivity contribution is 0.0690. The fraction of sp³-hybridized carbons (Fsp3) is 0.278. The normalized spacial score (nSPS) is 11.6. The molecule has 2 aromatic rings. The zero-order valence-corrected chi connectivity index (χ0v) is 16.0. The molecule has 8 nitrogen and oxygen atoms in total. The number of carbonyl (C=O) groups excluding carboxylic acids is 1. The average molecular weight is 391 g/mol. The highest BCUT2D eigenvalue weighted by Crippen LogP contribution is 2.17. The van der Waals surface area contributed by atoms with Crippen molar-refractivity contribution in [3.05, 3.63) is 59.4 Å². The summed E-state index contributed by atoms with van der Waals surface area (Å²) in [6, 6.07) is 8.67. The quantitative estimate of drug-likeness (QED) is 0.742. The lowest BCUT2D eigenvalue weighted by Gasteiger charge is -2.21. The molecule has 0 radical (unpaired) electrons. The number of aromatic carboxylic acids is 1. The number of benzene rings is 1. The van der Waals surface area contributed by atoms with Crippen molar-refractivity contribution in [3.8, 4) is 0 Å². The Morgan fingerprint density at radius 2 is 1.81 bits per heavy atom.